The highest BCUT2D eigenvalue weighted by Gasteiger charge is 2.18. The second-order valence-corrected chi connectivity index (χ2v) is 5.27. The number of Topliss-reactive ketones (excluding diaryl/α,β-unsaturated/α-hetero) is 1. The zero-order valence-electron chi connectivity index (χ0n) is 11.5. The Bertz CT molecular complexity index is 450. The summed E-state index contributed by atoms with van der Waals surface area (Å²) in [7, 11) is 0. The lowest BCUT2D eigenvalue weighted by molar-refractivity contribution is -0.131. The first-order valence-electron chi connectivity index (χ1n) is 7.04. The molecule has 1 aliphatic heterocycles. The molecule has 0 aliphatic carbocycles. The number of aryl methyl sites for hydroxylation is 1. The minimum absolute atomic E-state index is 0.0360. The van der Waals surface area contributed by atoms with E-state index in [0.29, 0.717) is 12.0 Å². The predicted octanol–water partition coefficient (Wildman–Crippen LogP) is 2.97. The fraction of sp³-hybridized carbons (Fsp3) is 0.500. The number of hydrogen-bond donors (Lipinski definition) is 0. The SMILES string of the molecule is Cc1ccc(C(=O)CN2CCCCCCC2=O)cc1. The van der Waals surface area contributed by atoms with Crippen LogP contribution in [0.3, 0.4) is 0 Å². The molecule has 19 heavy (non-hydrogen) atoms. The Balaban J connectivity index is 2.00. The van der Waals surface area contributed by atoms with E-state index in [2.05, 4.69) is 0 Å². The molecule has 0 aromatic heterocycles. The summed E-state index contributed by atoms with van der Waals surface area (Å²) in [6.45, 7) is 2.94. The summed E-state index contributed by atoms with van der Waals surface area (Å²) in [5.41, 5.74) is 1.83. The van der Waals surface area contributed by atoms with Gasteiger partial charge in [-0.3, -0.25) is 9.59 Å². The van der Waals surface area contributed by atoms with Gasteiger partial charge in [0.25, 0.3) is 0 Å². The summed E-state index contributed by atoms with van der Waals surface area (Å²) in [4.78, 5) is 25.9. The van der Waals surface area contributed by atoms with Crippen molar-refractivity contribution < 1.29 is 9.59 Å². The molecule has 1 saturated heterocycles. The van der Waals surface area contributed by atoms with Crippen molar-refractivity contribution in [1.82, 2.24) is 4.90 Å². The number of rotatable bonds is 3. The monoisotopic (exact) mass is 259 g/mol. The molecule has 0 atom stereocenters. The van der Waals surface area contributed by atoms with Gasteiger partial charge in [-0.05, 0) is 19.8 Å². The Morgan fingerprint density at radius 2 is 1.79 bits per heavy atom. The minimum Gasteiger partial charge on any atom is -0.335 e. The minimum atomic E-state index is 0.0360. The van der Waals surface area contributed by atoms with Gasteiger partial charge in [0, 0.05) is 18.5 Å². The summed E-state index contributed by atoms with van der Waals surface area (Å²) in [6.07, 6.45) is 4.83. The molecule has 0 spiro atoms. The summed E-state index contributed by atoms with van der Waals surface area (Å²) < 4.78 is 0. The third-order valence-corrected chi connectivity index (χ3v) is 3.63. The van der Waals surface area contributed by atoms with Crippen molar-refractivity contribution in [2.45, 2.75) is 39.0 Å². The zero-order chi connectivity index (χ0) is 13.7. The van der Waals surface area contributed by atoms with Crippen LogP contribution in [0, 0.1) is 6.92 Å². The van der Waals surface area contributed by atoms with E-state index in [-0.39, 0.29) is 18.2 Å². The van der Waals surface area contributed by atoms with Crippen LogP contribution in [0.4, 0.5) is 0 Å². The zero-order valence-corrected chi connectivity index (χ0v) is 11.5. The van der Waals surface area contributed by atoms with E-state index in [4.69, 9.17) is 0 Å². The molecular formula is C16H21NO2. The number of benzene rings is 1. The normalized spacial score (nSPS) is 16.9. The van der Waals surface area contributed by atoms with Gasteiger partial charge in [0.1, 0.15) is 0 Å². The first-order valence-corrected chi connectivity index (χ1v) is 7.04. The predicted molar refractivity (Wildman–Crippen MR) is 75.2 cm³/mol. The maximum absolute atomic E-state index is 12.2. The number of carbonyl (C=O) groups excluding carboxylic acids is 2. The lowest BCUT2D eigenvalue weighted by Crippen LogP contribution is -2.37. The molecule has 0 N–H and O–H groups in total. The Labute approximate surface area is 114 Å². The van der Waals surface area contributed by atoms with Crippen molar-refractivity contribution in [3.63, 3.8) is 0 Å². The highest BCUT2D eigenvalue weighted by molar-refractivity contribution is 5.99. The van der Waals surface area contributed by atoms with Gasteiger partial charge in [-0.2, -0.15) is 0 Å². The van der Waals surface area contributed by atoms with Crippen LogP contribution in [0.5, 0.6) is 0 Å². The highest BCUT2D eigenvalue weighted by atomic mass is 16.2. The Morgan fingerprint density at radius 3 is 2.53 bits per heavy atom. The molecular weight excluding hydrogens is 238 g/mol. The summed E-state index contributed by atoms with van der Waals surface area (Å²) in [6, 6.07) is 7.55. The second kappa shape index (κ2) is 6.50. The Kier molecular flexibility index (Phi) is 4.72. The van der Waals surface area contributed by atoms with Crippen LogP contribution in [-0.4, -0.2) is 29.7 Å². The van der Waals surface area contributed by atoms with Crippen LogP contribution in [0.25, 0.3) is 0 Å². The molecule has 3 heteroatoms. The average Bonchev–Trinajstić information content (AvgIpc) is 2.39. The lowest BCUT2D eigenvalue weighted by atomic mass is 10.1. The second-order valence-electron chi connectivity index (χ2n) is 5.27. The van der Waals surface area contributed by atoms with Crippen LogP contribution in [0.15, 0.2) is 24.3 Å². The molecule has 0 unspecified atom stereocenters. The molecule has 1 aromatic rings. The fourth-order valence-corrected chi connectivity index (χ4v) is 2.39. The third-order valence-electron chi connectivity index (χ3n) is 3.63. The van der Waals surface area contributed by atoms with Gasteiger partial charge >= 0.3 is 0 Å². The molecule has 1 fully saturated rings. The van der Waals surface area contributed by atoms with Crippen molar-refractivity contribution in [3.05, 3.63) is 35.4 Å². The number of nitrogens with zero attached hydrogens (tertiary/aromatic N) is 1. The van der Waals surface area contributed by atoms with Gasteiger partial charge in [0.2, 0.25) is 5.91 Å². The molecule has 1 amide bonds. The van der Waals surface area contributed by atoms with Gasteiger partial charge in [0.05, 0.1) is 6.54 Å². The molecule has 1 aromatic carbocycles. The van der Waals surface area contributed by atoms with Crippen LogP contribution >= 0.6 is 0 Å². The van der Waals surface area contributed by atoms with Crippen molar-refractivity contribution >= 4 is 11.7 Å². The summed E-state index contributed by atoms with van der Waals surface area (Å²) >= 11 is 0. The van der Waals surface area contributed by atoms with E-state index in [1.165, 1.54) is 0 Å². The molecule has 102 valence electrons. The molecule has 0 bridgehead atoms. The average molecular weight is 259 g/mol. The first kappa shape index (κ1) is 13.8. The molecule has 1 heterocycles. The number of ketones is 1. The van der Waals surface area contributed by atoms with Crippen LogP contribution in [-0.2, 0) is 4.79 Å². The maximum atomic E-state index is 12.2. The molecule has 0 radical (unpaired) electrons. The molecule has 2 rings (SSSR count). The van der Waals surface area contributed by atoms with Crippen LogP contribution in [0.1, 0.15) is 48.0 Å². The van der Waals surface area contributed by atoms with Crippen LogP contribution in [0.2, 0.25) is 0 Å². The Morgan fingerprint density at radius 1 is 1.11 bits per heavy atom. The maximum Gasteiger partial charge on any atom is 0.222 e. The first-order chi connectivity index (χ1) is 9.16. The van der Waals surface area contributed by atoms with E-state index in [9.17, 15) is 9.59 Å². The van der Waals surface area contributed by atoms with E-state index in [0.717, 1.165) is 37.8 Å². The smallest absolute Gasteiger partial charge is 0.222 e. The van der Waals surface area contributed by atoms with Crippen molar-refractivity contribution in [2.24, 2.45) is 0 Å². The van der Waals surface area contributed by atoms with Crippen molar-refractivity contribution in [2.75, 3.05) is 13.1 Å². The number of hydrogen-bond acceptors (Lipinski definition) is 2. The lowest BCUT2D eigenvalue weighted by Gasteiger charge is -2.24. The largest absolute Gasteiger partial charge is 0.335 e. The topological polar surface area (TPSA) is 37.4 Å². The van der Waals surface area contributed by atoms with E-state index < -0.39 is 0 Å². The standard InChI is InChI=1S/C16H21NO2/c1-13-7-9-14(10-8-13)15(18)12-17-11-5-3-2-4-6-16(17)19/h7-10H,2-6,11-12H2,1H3. The molecule has 1 aliphatic rings. The van der Waals surface area contributed by atoms with Gasteiger partial charge in [-0.25, -0.2) is 0 Å². The fourth-order valence-electron chi connectivity index (χ4n) is 2.39. The molecule has 0 saturated carbocycles. The quantitative estimate of drug-likeness (QED) is 0.783. The van der Waals surface area contributed by atoms with Gasteiger partial charge in [0.15, 0.2) is 5.78 Å². The number of carbonyl (C=O) groups is 2. The van der Waals surface area contributed by atoms with Gasteiger partial charge in [-0.15, -0.1) is 0 Å². The van der Waals surface area contributed by atoms with E-state index in [1.807, 2.05) is 31.2 Å². The Hall–Kier alpha value is -1.64. The van der Waals surface area contributed by atoms with Gasteiger partial charge < -0.3 is 4.90 Å². The molecule has 3 nitrogen and oxygen atoms in total. The van der Waals surface area contributed by atoms with Gasteiger partial charge in [-0.1, -0.05) is 42.7 Å². The third kappa shape index (κ3) is 3.91. The number of amides is 1. The van der Waals surface area contributed by atoms with Crippen molar-refractivity contribution in [3.8, 4) is 0 Å². The number of likely N-dealkylation sites (tertiary alicyclic amines) is 1. The summed E-state index contributed by atoms with van der Waals surface area (Å²) in [5, 5.41) is 0. The van der Waals surface area contributed by atoms with E-state index >= 15 is 0 Å². The van der Waals surface area contributed by atoms with Crippen LogP contribution < -0.4 is 0 Å². The van der Waals surface area contributed by atoms with Crippen molar-refractivity contribution in [1.29, 1.82) is 0 Å². The highest BCUT2D eigenvalue weighted by Crippen LogP contribution is 2.13. The summed E-state index contributed by atoms with van der Waals surface area (Å²) in [5.74, 6) is 0.161. The van der Waals surface area contributed by atoms with E-state index in [1.54, 1.807) is 4.90 Å².